The summed E-state index contributed by atoms with van der Waals surface area (Å²) in [5.74, 6) is 1.12. The van der Waals surface area contributed by atoms with Crippen molar-refractivity contribution in [2.24, 2.45) is 56.2 Å². The third kappa shape index (κ3) is 7.37. The van der Waals surface area contributed by atoms with Gasteiger partial charge in [0.25, 0.3) is 0 Å². The average Bonchev–Trinajstić information content (AvgIpc) is 3.76. The van der Waals surface area contributed by atoms with Crippen LogP contribution in [0.15, 0.2) is 35.4 Å². The molecule has 9 heteroatoms. The number of carbonyl (C=O) groups is 2. The van der Waals surface area contributed by atoms with E-state index in [-0.39, 0.29) is 57.8 Å². The highest BCUT2D eigenvalue weighted by atomic mass is 35.5. The SMILES string of the molecule is CC(C)C1=C2[C@H]3CC[C@@H]4[C@@]5(C)CC[C@H](OC(=O)CC(C)(C)C(O)O)C(C)(C)[C@@H]5CC[C@@]4(C)[C@]3(C)CC[C@@]2([C@@H](O)CN(Cc2ccc(Cl)cc2)C[C@H]2CCCN2)CC1=O. The minimum absolute atomic E-state index is 0.0197. The van der Waals surface area contributed by atoms with E-state index < -0.39 is 23.2 Å². The first-order valence-electron chi connectivity index (χ1n) is 22.8. The summed E-state index contributed by atoms with van der Waals surface area (Å²) in [6, 6.07) is 8.48. The molecule has 1 heterocycles. The molecule has 5 fully saturated rings. The fourth-order valence-electron chi connectivity index (χ4n) is 14.6. The lowest BCUT2D eigenvalue weighted by molar-refractivity contribution is -0.236. The number of nitrogens with one attached hydrogen (secondary N) is 1. The van der Waals surface area contributed by atoms with Crippen LogP contribution in [0.3, 0.4) is 0 Å². The van der Waals surface area contributed by atoms with Gasteiger partial charge in [-0.2, -0.15) is 0 Å². The van der Waals surface area contributed by atoms with Crippen LogP contribution in [0.4, 0.5) is 0 Å². The van der Waals surface area contributed by atoms with Gasteiger partial charge in [-0.15, -0.1) is 0 Å². The summed E-state index contributed by atoms with van der Waals surface area (Å²) in [6.45, 7) is 23.2. The number of allylic oxidation sites excluding steroid dienone is 1. The number of esters is 1. The van der Waals surface area contributed by atoms with Gasteiger partial charge in [0.15, 0.2) is 12.1 Å². The maximum atomic E-state index is 14.4. The van der Waals surface area contributed by atoms with Crippen molar-refractivity contribution < 1.29 is 29.6 Å². The van der Waals surface area contributed by atoms with Crippen LogP contribution in [-0.2, 0) is 20.9 Å². The third-order valence-corrected chi connectivity index (χ3v) is 18.3. The number of halogens is 1. The normalized spacial score (nSPS) is 37.8. The van der Waals surface area contributed by atoms with E-state index in [0.29, 0.717) is 30.8 Å². The number of hydrogen-bond acceptors (Lipinski definition) is 8. The zero-order valence-electron chi connectivity index (χ0n) is 37.1. The van der Waals surface area contributed by atoms with Crippen molar-refractivity contribution in [1.29, 1.82) is 0 Å². The van der Waals surface area contributed by atoms with Crippen LogP contribution >= 0.6 is 11.6 Å². The molecule has 1 aliphatic heterocycles. The monoisotopic (exact) mass is 823 g/mol. The Hall–Kier alpha value is -1.81. The molecule has 324 valence electrons. The Bertz CT molecular complexity index is 1730. The molecule has 58 heavy (non-hydrogen) atoms. The van der Waals surface area contributed by atoms with Crippen LogP contribution < -0.4 is 5.32 Å². The van der Waals surface area contributed by atoms with Gasteiger partial charge in [-0.1, -0.05) is 91.6 Å². The van der Waals surface area contributed by atoms with Crippen molar-refractivity contribution in [1.82, 2.24) is 10.2 Å². The molecule has 7 rings (SSSR count). The first-order valence-corrected chi connectivity index (χ1v) is 23.2. The maximum absolute atomic E-state index is 14.4. The van der Waals surface area contributed by atoms with Gasteiger partial charge in [0.2, 0.25) is 0 Å². The van der Waals surface area contributed by atoms with E-state index in [1.807, 2.05) is 12.1 Å². The lowest BCUT2D eigenvalue weighted by atomic mass is 9.33. The Morgan fingerprint density at radius 3 is 2.28 bits per heavy atom. The number of nitrogens with zero attached hydrogens (tertiary/aromatic N) is 1. The summed E-state index contributed by atoms with van der Waals surface area (Å²) in [4.78, 5) is 30.0. The van der Waals surface area contributed by atoms with Crippen LogP contribution in [0.5, 0.6) is 0 Å². The number of benzene rings is 1. The van der Waals surface area contributed by atoms with Gasteiger partial charge in [-0.25, -0.2) is 0 Å². The molecule has 0 aromatic heterocycles. The van der Waals surface area contributed by atoms with Crippen LogP contribution in [0.25, 0.3) is 0 Å². The van der Waals surface area contributed by atoms with Crippen molar-refractivity contribution in [2.75, 3.05) is 19.6 Å². The first-order chi connectivity index (χ1) is 27.1. The minimum atomic E-state index is -1.59. The molecule has 6 aliphatic rings. The van der Waals surface area contributed by atoms with Crippen molar-refractivity contribution in [3.63, 3.8) is 0 Å². The smallest absolute Gasteiger partial charge is 0.306 e. The van der Waals surface area contributed by atoms with Crippen molar-refractivity contribution in [3.05, 3.63) is 46.0 Å². The zero-order valence-corrected chi connectivity index (χ0v) is 37.9. The number of rotatable bonds is 12. The van der Waals surface area contributed by atoms with Crippen LogP contribution in [-0.4, -0.2) is 76.1 Å². The number of fused-ring (bicyclic) bond motifs is 7. The van der Waals surface area contributed by atoms with Crippen molar-refractivity contribution >= 4 is 23.4 Å². The van der Waals surface area contributed by atoms with E-state index in [9.17, 15) is 24.9 Å². The highest BCUT2D eigenvalue weighted by molar-refractivity contribution is 6.30. The standard InChI is InChI=1S/C49H75ClN2O6/c1-30(2)41-35(53)25-49(38(54)29-52(28-33-11-10-24-51-33)27-31-12-14-32(50)15-13-31)23-22-47(8)34(42(41)49)16-17-37-46(7)20-19-39(58-40(55)26-44(3,4)43(56)57)45(5,6)36(46)18-21-48(37,47)9/h12-15,30,33-34,36-39,43,51,54,56-57H,10-11,16-29H2,1-9H3/t33-,34-,36+,37-,38+,39+,46+,47-,48-,49+/m1/s1. The quantitative estimate of drug-likeness (QED) is 0.122. The first kappa shape index (κ1) is 44.3. The van der Waals surface area contributed by atoms with E-state index in [4.69, 9.17) is 16.3 Å². The average molecular weight is 824 g/mol. The predicted molar refractivity (Wildman–Crippen MR) is 230 cm³/mol. The van der Waals surface area contributed by atoms with Crippen LogP contribution in [0.2, 0.25) is 5.02 Å². The molecule has 1 aromatic carbocycles. The second-order valence-electron chi connectivity index (χ2n) is 22.4. The number of aliphatic hydroxyl groups excluding tert-OH is 2. The summed E-state index contributed by atoms with van der Waals surface area (Å²) in [7, 11) is 0. The summed E-state index contributed by atoms with van der Waals surface area (Å²) in [5, 5.41) is 36.9. The lowest BCUT2D eigenvalue weighted by Gasteiger charge is -2.72. The molecular formula is C49H75ClN2O6. The van der Waals surface area contributed by atoms with E-state index in [2.05, 4.69) is 70.8 Å². The second-order valence-corrected chi connectivity index (χ2v) is 22.8. The molecule has 0 spiro atoms. The molecule has 0 unspecified atom stereocenters. The van der Waals surface area contributed by atoms with Gasteiger partial charge >= 0.3 is 5.97 Å². The summed E-state index contributed by atoms with van der Waals surface area (Å²) < 4.78 is 6.25. The zero-order chi connectivity index (χ0) is 42.2. The number of Topliss-reactive ketones (excluding diaryl/α,β-unsaturated/α-hetero) is 1. The Kier molecular flexibility index (Phi) is 12.1. The number of ether oxygens (including phenoxy) is 1. The van der Waals surface area contributed by atoms with Crippen LogP contribution in [0, 0.1) is 56.2 Å². The van der Waals surface area contributed by atoms with E-state index in [0.717, 1.165) is 88.0 Å². The van der Waals surface area contributed by atoms with Gasteiger partial charge in [0.05, 0.1) is 12.5 Å². The topological polar surface area (TPSA) is 119 Å². The Labute approximate surface area is 354 Å². The molecule has 0 radical (unpaired) electrons. The number of ketones is 1. The second kappa shape index (κ2) is 15.8. The Morgan fingerprint density at radius 1 is 0.931 bits per heavy atom. The van der Waals surface area contributed by atoms with Gasteiger partial charge < -0.3 is 25.4 Å². The molecule has 4 saturated carbocycles. The minimum Gasteiger partial charge on any atom is -0.462 e. The Balaban J connectivity index is 1.16. The largest absolute Gasteiger partial charge is 0.462 e. The lowest BCUT2D eigenvalue weighted by Crippen LogP contribution is -2.66. The highest BCUT2D eigenvalue weighted by Gasteiger charge is 2.71. The molecule has 4 N–H and O–H groups in total. The maximum Gasteiger partial charge on any atom is 0.306 e. The number of aliphatic hydroxyl groups is 3. The Morgan fingerprint density at radius 2 is 1.64 bits per heavy atom. The number of carbonyl (C=O) groups excluding carboxylic acids is 2. The number of hydrogen-bond donors (Lipinski definition) is 4. The summed E-state index contributed by atoms with van der Waals surface area (Å²) >= 11 is 6.28. The molecule has 0 bridgehead atoms. The van der Waals surface area contributed by atoms with Crippen LogP contribution in [0.1, 0.15) is 145 Å². The molecule has 1 saturated heterocycles. The van der Waals surface area contributed by atoms with Gasteiger partial charge in [0, 0.05) is 53.4 Å². The predicted octanol–water partition coefficient (Wildman–Crippen LogP) is 8.87. The third-order valence-electron chi connectivity index (χ3n) is 18.0. The molecule has 1 aromatic rings. The molecule has 5 aliphatic carbocycles. The molecular weight excluding hydrogens is 748 g/mol. The van der Waals surface area contributed by atoms with E-state index in [1.165, 1.54) is 17.6 Å². The van der Waals surface area contributed by atoms with Crippen molar-refractivity contribution in [2.45, 2.75) is 170 Å². The summed E-state index contributed by atoms with van der Waals surface area (Å²) in [6.07, 6.45) is 8.14. The van der Waals surface area contributed by atoms with E-state index >= 15 is 0 Å². The van der Waals surface area contributed by atoms with Gasteiger partial charge in [0.1, 0.15) is 6.10 Å². The highest BCUT2D eigenvalue weighted by Crippen LogP contribution is 2.77. The molecule has 10 atom stereocenters. The fraction of sp³-hybridized carbons (Fsp3) is 0.796. The van der Waals surface area contributed by atoms with E-state index in [1.54, 1.807) is 13.8 Å². The summed E-state index contributed by atoms with van der Waals surface area (Å²) in [5.41, 5.74) is 1.86. The van der Waals surface area contributed by atoms with Crippen molar-refractivity contribution in [3.8, 4) is 0 Å². The fourth-order valence-corrected chi connectivity index (χ4v) is 14.8. The molecule has 0 amide bonds. The van der Waals surface area contributed by atoms with Gasteiger partial charge in [-0.05, 0) is 134 Å². The molecule has 8 nitrogen and oxygen atoms in total. The van der Waals surface area contributed by atoms with Gasteiger partial charge in [-0.3, -0.25) is 14.5 Å².